The van der Waals surface area contributed by atoms with Crippen molar-refractivity contribution in [3.63, 3.8) is 0 Å². The lowest BCUT2D eigenvalue weighted by Crippen LogP contribution is -2.22. The molecule has 0 spiro atoms. The fraction of sp³-hybridized carbons (Fsp3) is 0.200. The molecule has 36 heavy (non-hydrogen) atoms. The van der Waals surface area contributed by atoms with E-state index in [1.54, 1.807) is 16.7 Å². The van der Waals surface area contributed by atoms with Crippen molar-refractivity contribution < 1.29 is 9.53 Å². The van der Waals surface area contributed by atoms with Gasteiger partial charge in [-0.3, -0.25) is 14.1 Å². The highest BCUT2D eigenvalue weighted by Crippen LogP contribution is 2.30. The summed E-state index contributed by atoms with van der Waals surface area (Å²) in [5, 5.41) is 2.96. The van der Waals surface area contributed by atoms with Crippen LogP contribution < -0.4 is 5.56 Å². The van der Waals surface area contributed by atoms with Crippen LogP contribution in [0, 0.1) is 0 Å². The lowest BCUT2D eigenvalue weighted by Gasteiger charge is -2.18. The summed E-state index contributed by atoms with van der Waals surface area (Å²) in [6, 6.07) is 23.2. The fourth-order valence-corrected chi connectivity index (χ4v) is 5.48. The molecule has 0 N–H and O–H groups in total. The summed E-state index contributed by atoms with van der Waals surface area (Å²) in [6.07, 6.45) is 1.74. The van der Waals surface area contributed by atoms with E-state index in [9.17, 15) is 9.59 Å². The summed E-state index contributed by atoms with van der Waals surface area (Å²) in [5.41, 5.74) is 4.18. The fourth-order valence-electron chi connectivity index (χ4n) is 4.54. The highest BCUT2D eigenvalue weighted by molar-refractivity contribution is 7.18. The Kier molecular flexibility index (Phi) is 6.98. The van der Waals surface area contributed by atoms with Crippen molar-refractivity contribution >= 4 is 32.9 Å². The molecule has 5 rings (SSSR count). The van der Waals surface area contributed by atoms with Gasteiger partial charge in [-0.1, -0.05) is 68.4 Å². The molecule has 0 atom stereocenters. The zero-order chi connectivity index (χ0) is 25.1. The molecular weight excluding hydrogens is 468 g/mol. The van der Waals surface area contributed by atoms with Crippen LogP contribution in [0.1, 0.15) is 35.3 Å². The van der Waals surface area contributed by atoms with Gasteiger partial charge in [0, 0.05) is 18.3 Å². The minimum absolute atomic E-state index is 0.160. The summed E-state index contributed by atoms with van der Waals surface area (Å²) in [5.74, 6) is -0.445. The van der Waals surface area contributed by atoms with E-state index in [2.05, 4.69) is 30.9 Å². The summed E-state index contributed by atoms with van der Waals surface area (Å²) in [4.78, 5) is 29.3. The Morgan fingerprint density at radius 2 is 1.72 bits per heavy atom. The lowest BCUT2D eigenvalue weighted by molar-refractivity contribution is 0.0474. The number of esters is 1. The Balaban J connectivity index is 1.52. The van der Waals surface area contributed by atoms with Crippen LogP contribution in [-0.4, -0.2) is 28.4 Å². The first-order valence-electron chi connectivity index (χ1n) is 12.2. The smallest absolute Gasteiger partial charge is 0.340 e. The van der Waals surface area contributed by atoms with Crippen LogP contribution in [0.5, 0.6) is 0 Å². The number of ether oxygens (including phenoxy) is 1. The van der Waals surface area contributed by atoms with Gasteiger partial charge < -0.3 is 4.74 Å². The molecule has 0 aliphatic carbocycles. The number of hydrogen-bond acceptors (Lipinski definition) is 5. The number of hydrogen-bond donors (Lipinski definition) is 0. The van der Waals surface area contributed by atoms with Gasteiger partial charge in [0.25, 0.3) is 5.56 Å². The maximum Gasteiger partial charge on any atom is 0.340 e. The average molecular weight is 497 g/mol. The monoisotopic (exact) mass is 496 g/mol. The van der Waals surface area contributed by atoms with Crippen LogP contribution in [0.25, 0.3) is 26.7 Å². The number of carbonyl (C=O) groups excluding carboxylic acids is 1. The molecule has 0 amide bonds. The van der Waals surface area contributed by atoms with Crippen molar-refractivity contribution in [2.24, 2.45) is 0 Å². The number of carbonyl (C=O) groups is 1. The molecule has 0 radical (unpaired) electrons. The molecule has 0 saturated carbocycles. The molecule has 0 fully saturated rings. The largest absolute Gasteiger partial charge is 0.457 e. The van der Waals surface area contributed by atoms with Crippen LogP contribution >= 0.6 is 11.3 Å². The molecule has 3 heterocycles. The second-order valence-corrected chi connectivity index (χ2v) is 9.66. The predicted molar refractivity (Wildman–Crippen MR) is 147 cm³/mol. The molecule has 0 aliphatic heterocycles. The molecule has 0 saturated heterocycles. The van der Waals surface area contributed by atoms with E-state index in [1.807, 2.05) is 60.0 Å². The molecule has 5 nitrogen and oxygen atoms in total. The first kappa shape index (κ1) is 24.0. The van der Waals surface area contributed by atoms with Crippen molar-refractivity contribution in [2.75, 3.05) is 13.1 Å². The van der Waals surface area contributed by atoms with Gasteiger partial charge in [-0.2, -0.15) is 0 Å². The highest BCUT2D eigenvalue weighted by Gasteiger charge is 2.20. The average Bonchev–Trinajstić information content (AvgIpc) is 3.40. The van der Waals surface area contributed by atoms with Crippen molar-refractivity contribution in [3.8, 4) is 11.1 Å². The van der Waals surface area contributed by atoms with E-state index in [-0.39, 0.29) is 12.2 Å². The molecular formula is C30H28N2O3S. The third-order valence-corrected chi connectivity index (χ3v) is 7.45. The first-order chi connectivity index (χ1) is 17.6. The predicted octanol–water partition coefficient (Wildman–Crippen LogP) is 6.38. The zero-order valence-electron chi connectivity index (χ0n) is 20.4. The Hall–Kier alpha value is -3.74. The maximum atomic E-state index is 13.5. The van der Waals surface area contributed by atoms with Crippen LogP contribution in [0.15, 0.2) is 89.2 Å². The Labute approximate surface area is 214 Å². The third kappa shape index (κ3) is 4.70. The summed E-state index contributed by atoms with van der Waals surface area (Å²) in [7, 11) is 0. The maximum absolute atomic E-state index is 13.5. The van der Waals surface area contributed by atoms with E-state index in [1.165, 1.54) is 16.9 Å². The number of fused-ring (bicyclic) bond motifs is 3. The number of pyridine rings is 2. The van der Waals surface area contributed by atoms with Crippen molar-refractivity contribution in [1.82, 2.24) is 9.30 Å². The van der Waals surface area contributed by atoms with E-state index in [0.29, 0.717) is 16.6 Å². The van der Waals surface area contributed by atoms with Gasteiger partial charge in [0.05, 0.1) is 15.8 Å². The first-order valence-corrected chi connectivity index (χ1v) is 13.0. The molecule has 3 aromatic heterocycles. The van der Waals surface area contributed by atoms with Crippen molar-refractivity contribution in [2.45, 2.75) is 27.0 Å². The van der Waals surface area contributed by atoms with E-state index in [0.717, 1.165) is 40.8 Å². The summed E-state index contributed by atoms with van der Waals surface area (Å²) in [6.45, 7) is 7.29. The number of aromatic nitrogens is 1. The van der Waals surface area contributed by atoms with Gasteiger partial charge in [-0.05, 0) is 58.7 Å². The minimum Gasteiger partial charge on any atom is -0.457 e. The summed E-state index contributed by atoms with van der Waals surface area (Å²) < 4.78 is 8.29. The van der Waals surface area contributed by atoms with Gasteiger partial charge >= 0.3 is 5.97 Å². The summed E-state index contributed by atoms with van der Waals surface area (Å²) >= 11 is 1.51. The van der Waals surface area contributed by atoms with E-state index in [4.69, 9.17) is 4.74 Å². The number of nitrogens with zero attached hydrogens (tertiary/aromatic N) is 2. The second kappa shape index (κ2) is 10.5. The van der Waals surface area contributed by atoms with Gasteiger partial charge in [-0.25, -0.2) is 4.79 Å². The third-order valence-electron chi connectivity index (χ3n) is 6.51. The molecule has 182 valence electrons. The van der Waals surface area contributed by atoms with E-state index < -0.39 is 5.97 Å². The zero-order valence-corrected chi connectivity index (χ0v) is 21.3. The van der Waals surface area contributed by atoms with Gasteiger partial charge in [0.2, 0.25) is 0 Å². The number of thiophene rings is 1. The highest BCUT2D eigenvalue weighted by atomic mass is 32.1. The molecule has 6 heteroatoms. The van der Waals surface area contributed by atoms with Gasteiger partial charge in [-0.15, -0.1) is 11.3 Å². The van der Waals surface area contributed by atoms with Crippen LogP contribution in [0.3, 0.4) is 0 Å². The molecule has 0 aliphatic rings. The minimum atomic E-state index is -0.445. The Morgan fingerprint density at radius 3 is 2.50 bits per heavy atom. The van der Waals surface area contributed by atoms with Crippen LogP contribution in [-0.2, 0) is 17.9 Å². The standard InChI is InChI=1S/C30H28N2O3S/c1-3-31(4-2)19-21-9-8-10-22(17-21)20-35-30(34)26-18-25(23-11-6-5-7-12-23)29(33)32-15-13-24-14-16-36-28(24)27(26)32/h5-18H,3-4,19-20H2,1-2H3. The van der Waals surface area contributed by atoms with Crippen molar-refractivity contribution in [1.29, 1.82) is 0 Å². The second-order valence-electron chi connectivity index (χ2n) is 8.74. The Bertz CT molecular complexity index is 1580. The quantitative estimate of drug-likeness (QED) is 0.234. The Morgan fingerprint density at radius 1 is 0.944 bits per heavy atom. The van der Waals surface area contributed by atoms with Gasteiger partial charge in [0.15, 0.2) is 0 Å². The van der Waals surface area contributed by atoms with Crippen LogP contribution in [0.2, 0.25) is 0 Å². The SMILES string of the molecule is CCN(CC)Cc1cccc(COC(=O)c2cc(-c3ccccc3)c(=O)n3ccc4ccsc4c23)c1. The lowest BCUT2D eigenvalue weighted by atomic mass is 10.0. The van der Waals surface area contributed by atoms with Gasteiger partial charge in [0.1, 0.15) is 6.61 Å². The number of rotatable bonds is 8. The molecule has 0 unspecified atom stereocenters. The van der Waals surface area contributed by atoms with Crippen LogP contribution in [0.4, 0.5) is 0 Å². The molecule has 5 aromatic rings. The number of benzene rings is 2. The topological polar surface area (TPSA) is 51.0 Å². The molecule has 0 bridgehead atoms. The van der Waals surface area contributed by atoms with E-state index >= 15 is 0 Å². The normalized spacial score (nSPS) is 11.4. The van der Waals surface area contributed by atoms with Crippen molar-refractivity contribution in [3.05, 3.63) is 111 Å². The molecule has 2 aromatic carbocycles.